The molecule has 0 aliphatic heterocycles. The SMILES string of the molecule is Nc1c(Br)cc(Br)cc1-c1nc(-c2ccc(Br)cn2)no1. The van der Waals surface area contributed by atoms with Crippen molar-refractivity contribution in [2.45, 2.75) is 0 Å². The maximum absolute atomic E-state index is 6.03. The number of pyridine rings is 1. The molecule has 0 amide bonds. The van der Waals surface area contributed by atoms with Gasteiger partial charge in [0.05, 0.1) is 11.3 Å². The van der Waals surface area contributed by atoms with Crippen LogP contribution in [0, 0.1) is 0 Å². The van der Waals surface area contributed by atoms with Crippen LogP contribution in [-0.2, 0) is 0 Å². The molecule has 0 atom stereocenters. The Kier molecular flexibility index (Phi) is 4.10. The number of aromatic nitrogens is 3. The maximum atomic E-state index is 6.03. The van der Waals surface area contributed by atoms with Crippen molar-refractivity contribution in [3.05, 3.63) is 43.9 Å². The molecule has 0 saturated carbocycles. The molecule has 0 aliphatic rings. The largest absolute Gasteiger partial charge is 0.397 e. The van der Waals surface area contributed by atoms with Gasteiger partial charge < -0.3 is 10.3 Å². The van der Waals surface area contributed by atoms with Gasteiger partial charge in [0.1, 0.15) is 5.69 Å². The summed E-state index contributed by atoms with van der Waals surface area (Å²) < 4.78 is 7.80. The van der Waals surface area contributed by atoms with E-state index in [0.717, 1.165) is 13.4 Å². The normalized spacial score (nSPS) is 10.8. The Labute approximate surface area is 145 Å². The van der Waals surface area contributed by atoms with E-state index in [0.29, 0.717) is 28.7 Å². The van der Waals surface area contributed by atoms with Gasteiger partial charge in [-0.05, 0) is 56.1 Å². The first kappa shape index (κ1) is 14.7. The zero-order chi connectivity index (χ0) is 15.0. The molecule has 106 valence electrons. The van der Waals surface area contributed by atoms with E-state index in [1.54, 1.807) is 12.3 Å². The predicted octanol–water partition coefficient (Wildman–Crippen LogP) is 4.67. The van der Waals surface area contributed by atoms with Crippen LogP contribution in [0.5, 0.6) is 0 Å². The number of nitrogens with zero attached hydrogens (tertiary/aromatic N) is 3. The highest BCUT2D eigenvalue weighted by atomic mass is 79.9. The standard InChI is InChI=1S/C13H7Br3N4O/c14-6-1-2-10(18-5-6)12-19-13(21-20-12)8-3-7(15)4-9(16)11(8)17/h1-5H,17H2. The summed E-state index contributed by atoms with van der Waals surface area (Å²) in [5.41, 5.74) is 7.86. The van der Waals surface area contributed by atoms with E-state index < -0.39 is 0 Å². The quantitative estimate of drug-likeness (QED) is 0.546. The zero-order valence-corrected chi connectivity index (χ0v) is 15.1. The van der Waals surface area contributed by atoms with Gasteiger partial charge in [-0.2, -0.15) is 4.98 Å². The number of hydrogen-bond acceptors (Lipinski definition) is 5. The van der Waals surface area contributed by atoms with E-state index in [4.69, 9.17) is 10.3 Å². The summed E-state index contributed by atoms with van der Waals surface area (Å²) >= 11 is 10.1. The van der Waals surface area contributed by atoms with E-state index in [1.165, 1.54) is 0 Å². The Morgan fingerprint density at radius 1 is 1.05 bits per heavy atom. The van der Waals surface area contributed by atoms with Crippen molar-refractivity contribution in [2.24, 2.45) is 0 Å². The second-order valence-electron chi connectivity index (χ2n) is 4.13. The average molecular weight is 475 g/mol. The summed E-state index contributed by atoms with van der Waals surface area (Å²) in [5.74, 6) is 0.752. The number of halogens is 3. The molecule has 1 aromatic carbocycles. The van der Waals surface area contributed by atoms with Crippen LogP contribution in [0.15, 0.2) is 48.4 Å². The Hall–Kier alpha value is -1.25. The van der Waals surface area contributed by atoms with Crippen molar-refractivity contribution in [1.82, 2.24) is 15.1 Å². The van der Waals surface area contributed by atoms with Crippen LogP contribution >= 0.6 is 47.8 Å². The van der Waals surface area contributed by atoms with Gasteiger partial charge in [-0.15, -0.1) is 0 Å². The van der Waals surface area contributed by atoms with Gasteiger partial charge in [0, 0.05) is 19.6 Å². The molecule has 8 heteroatoms. The van der Waals surface area contributed by atoms with Gasteiger partial charge in [0.15, 0.2) is 0 Å². The zero-order valence-electron chi connectivity index (χ0n) is 10.3. The monoisotopic (exact) mass is 472 g/mol. The lowest BCUT2D eigenvalue weighted by atomic mass is 10.2. The number of anilines is 1. The summed E-state index contributed by atoms with van der Waals surface area (Å²) in [6.45, 7) is 0. The summed E-state index contributed by atoms with van der Waals surface area (Å²) in [5, 5.41) is 3.94. The minimum Gasteiger partial charge on any atom is -0.397 e. The summed E-state index contributed by atoms with van der Waals surface area (Å²) in [4.78, 5) is 8.58. The molecule has 0 aliphatic carbocycles. The minimum absolute atomic E-state index is 0.342. The lowest BCUT2D eigenvalue weighted by Gasteiger charge is -2.04. The summed E-state index contributed by atoms with van der Waals surface area (Å²) in [6, 6.07) is 7.35. The highest BCUT2D eigenvalue weighted by Crippen LogP contribution is 2.35. The van der Waals surface area contributed by atoms with Gasteiger partial charge >= 0.3 is 0 Å². The fraction of sp³-hybridized carbons (Fsp3) is 0. The lowest BCUT2D eigenvalue weighted by Crippen LogP contribution is -1.92. The van der Waals surface area contributed by atoms with E-state index in [9.17, 15) is 0 Å². The first-order valence-corrected chi connectivity index (χ1v) is 8.13. The van der Waals surface area contributed by atoms with Crippen molar-refractivity contribution in [2.75, 3.05) is 5.73 Å². The molecule has 3 rings (SSSR count). The molecule has 0 saturated heterocycles. The molecule has 0 unspecified atom stereocenters. The molecule has 3 aromatic rings. The second-order valence-corrected chi connectivity index (χ2v) is 6.82. The number of hydrogen-bond donors (Lipinski definition) is 1. The van der Waals surface area contributed by atoms with Gasteiger partial charge in [-0.25, -0.2) is 0 Å². The third-order valence-electron chi connectivity index (χ3n) is 2.71. The van der Waals surface area contributed by atoms with Crippen molar-refractivity contribution in [1.29, 1.82) is 0 Å². The fourth-order valence-electron chi connectivity index (χ4n) is 1.71. The molecule has 21 heavy (non-hydrogen) atoms. The van der Waals surface area contributed by atoms with E-state index in [1.807, 2.05) is 18.2 Å². The lowest BCUT2D eigenvalue weighted by molar-refractivity contribution is 0.432. The first-order chi connectivity index (χ1) is 10.0. The van der Waals surface area contributed by atoms with Crippen LogP contribution < -0.4 is 5.73 Å². The fourth-order valence-corrected chi connectivity index (χ4v) is 3.17. The maximum Gasteiger partial charge on any atom is 0.260 e. The van der Waals surface area contributed by atoms with E-state index >= 15 is 0 Å². The van der Waals surface area contributed by atoms with Gasteiger partial charge in [0.25, 0.3) is 5.89 Å². The Morgan fingerprint density at radius 2 is 1.86 bits per heavy atom. The van der Waals surface area contributed by atoms with Crippen LogP contribution in [0.4, 0.5) is 5.69 Å². The average Bonchev–Trinajstić information content (AvgIpc) is 2.93. The summed E-state index contributed by atoms with van der Waals surface area (Å²) in [7, 11) is 0. The molecule has 2 heterocycles. The highest BCUT2D eigenvalue weighted by Gasteiger charge is 2.16. The highest BCUT2D eigenvalue weighted by molar-refractivity contribution is 9.11. The van der Waals surface area contributed by atoms with Crippen molar-refractivity contribution >= 4 is 53.5 Å². The van der Waals surface area contributed by atoms with Gasteiger partial charge in [-0.3, -0.25) is 4.98 Å². The molecule has 2 aromatic heterocycles. The molecule has 0 fully saturated rings. The van der Waals surface area contributed by atoms with E-state index in [2.05, 4.69) is 62.9 Å². The third-order valence-corrected chi connectivity index (χ3v) is 4.29. The predicted molar refractivity (Wildman–Crippen MR) is 90.5 cm³/mol. The number of rotatable bonds is 2. The Bertz CT molecular complexity index is 802. The van der Waals surface area contributed by atoms with E-state index in [-0.39, 0.29) is 0 Å². The van der Waals surface area contributed by atoms with Crippen molar-refractivity contribution < 1.29 is 4.52 Å². The van der Waals surface area contributed by atoms with Crippen molar-refractivity contribution in [3.8, 4) is 23.0 Å². The minimum atomic E-state index is 0.342. The van der Waals surface area contributed by atoms with Crippen LogP contribution in [0.25, 0.3) is 23.0 Å². The Morgan fingerprint density at radius 3 is 2.57 bits per heavy atom. The molecule has 5 nitrogen and oxygen atoms in total. The number of nitrogens with two attached hydrogens (primary N) is 1. The second kappa shape index (κ2) is 5.86. The number of benzene rings is 1. The Balaban J connectivity index is 2.04. The molecule has 0 bridgehead atoms. The first-order valence-electron chi connectivity index (χ1n) is 5.75. The van der Waals surface area contributed by atoms with Crippen LogP contribution in [0.3, 0.4) is 0 Å². The topological polar surface area (TPSA) is 77.8 Å². The molecule has 2 N–H and O–H groups in total. The third kappa shape index (κ3) is 3.02. The summed E-state index contributed by atoms with van der Waals surface area (Å²) in [6.07, 6.45) is 1.68. The molecular weight excluding hydrogens is 468 g/mol. The smallest absolute Gasteiger partial charge is 0.260 e. The van der Waals surface area contributed by atoms with Gasteiger partial charge in [-0.1, -0.05) is 21.1 Å². The van der Waals surface area contributed by atoms with Crippen LogP contribution in [-0.4, -0.2) is 15.1 Å². The molecule has 0 radical (unpaired) electrons. The molecular formula is C13H7Br3N4O. The van der Waals surface area contributed by atoms with Crippen LogP contribution in [0.2, 0.25) is 0 Å². The van der Waals surface area contributed by atoms with Crippen LogP contribution in [0.1, 0.15) is 0 Å². The van der Waals surface area contributed by atoms with Crippen molar-refractivity contribution in [3.63, 3.8) is 0 Å². The number of nitrogen functional groups attached to an aromatic ring is 1. The molecule has 0 spiro atoms. The van der Waals surface area contributed by atoms with Gasteiger partial charge in [0.2, 0.25) is 5.82 Å².